The minimum Gasteiger partial charge on any atom is -0.325 e. The van der Waals surface area contributed by atoms with Crippen molar-refractivity contribution in [1.82, 2.24) is 15.2 Å². The van der Waals surface area contributed by atoms with E-state index in [4.69, 9.17) is 0 Å². The number of carbonyl (C=O) groups is 2. The molecule has 0 saturated carbocycles. The first-order valence-electron chi connectivity index (χ1n) is 10.00. The standard InChI is InChI=1S/C24H19FN4O2S2/c1-14-23(33-24(26-14)16-6-8-18(25)9-7-16)20-10-11-22(29-28-20)32-13-21(31)27-19-5-3-4-17(12-19)15(2)30/h3-12H,13H2,1-2H3,(H,27,31). The van der Waals surface area contributed by atoms with Gasteiger partial charge in [-0.15, -0.1) is 21.5 Å². The Morgan fingerprint density at radius 3 is 2.55 bits per heavy atom. The minimum atomic E-state index is -0.288. The number of Topliss-reactive ketones (excluding diaryl/α,β-unsaturated/α-hetero) is 1. The van der Waals surface area contributed by atoms with E-state index in [0.717, 1.165) is 21.1 Å². The first-order chi connectivity index (χ1) is 15.9. The van der Waals surface area contributed by atoms with Gasteiger partial charge in [-0.25, -0.2) is 9.37 Å². The molecule has 2 heterocycles. The molecule has 0 spiro atoms. The molecule has 1 amide bonds. The van der Waals surface area contributed by atoms with Crippen molar-refractivity contribution in [2.45, 2.75) is 18.9 Å². The lowest BCUT2D eigenvalue weighted by Crippen LogP contribution is -2.14. The summed E-state index contributed by atoms with van der Waals surface area (Å²) in [6.07, 6.45) is 0. The van der Waals surface area contributed by atoms with E-state index < -0.39 is 0 Å². The zero-order chi connectivity index (χ0) is 23.4. The fraction of sp³-hybridized carbons (Fsp3) is 0.125. The number of anilines is 1. The molecule has 6 nitrogen and oxygen atoms in total. The molecule has 0 unspecified atom stereocenters. The summed E-state index contributed by atoms with van der Waals surface area (Å²) in [7, 11) is 0. The lowest BCUT2D eigenvalue weighted by atomic mass is 10.1. The Bertz CT molecular complexity index is 1310. The summed E-state index contributed by atoms with van der Waals surface area (Å²) >= 11 is 2.74. The summed E-state index contributed by atoms with van der Waals surface area (Å²) in [6.45, 7) is 3.38. The number of nitrogens with one attached hydrogen (secondary N) is 1. The molecule has 0 aliphatic heterocycles. The Hall–Kier alpha value is -3.43. The highest BCUT2D eigenvalue weighted by molar-refractivity contribution is 7.99. The molecule has 2 aromatic carbocycles. The van der Waals surface area contributed by atoms with Crippen molar-refractivity contribution < 1.29 is 14.0 Å². The van der Waals surface area contributed by atoms with Gasteiger partial charge in [0.25, 0.3) is 0 Å². The zero-order valence-electron chi connectivity index (χ0n) is 17.8. The highest BCUT2D eigenvalue weighted by Gasteiger charge is 2.14. The maximum Gasteiger partial charge on any atom is 0.234 e. The molecular weight excluding hydrogens is 459 g/mol. The first-order valence-corrected chi connectivity index (χ1v) is 11.8. The number of carbonyl (C=O) groups excluding carboxylic acids is 2. The molecule has 166 valence electrons. The van der Waals surface area contributed by atoms with Gasteiger partial charge in [0, 0.05) is 16.8 Å². The third-order valence-corrected chi connectivity index (χ3v) is 6.81. The van der Waals surface area contributed by atoms with E-state index in [2.05, 4.69) is 20.5 Å². The summed E-state index contributed by atoms with van der Waals surface area (Å²) in [6, 6.07) is 16.7. The fourth-order valence-corrected chi connectivity index (χ4v) is 4.67. The molecule has 0 aliphatic carbocycles. The number of aryl methyl sites for hydroxylation is 1. The maximum atomic E-state index is 13.2. The van der Waals surface area contributed by atoms with E-state index in [-0.39, 0.29) is 23.3 Å². The summed E-state index contributed by atoms with van der Waals surface area (Å²) in [4.78, 5) is 29.2. The number of nitrogens with zero attached hydrogens (tertiary/aromatic N) is 3. The van der Waals surface area contributed by atoms with E-state index in [9.17, 15) is 14.0 Å². The number of thiazole rings is 1. The number of thioether (sulfide) groups is 1. The maximum absolute atomic E-state index is 13.2. The molecule has 4 aromatic rings. The van der Waals surface area contributed by atoms with Gasteiger partial charge in [0.1, 0.15) is 21.5 Å². The van der Waals surface area contributed by atoms with Gasteiger partial charge < -0.3 is 5.32 Å². The molecule has 0 atom stereocenters. The molecule has 33 heavy (non-hydrogen) atoms. The van der Waals surface area contributed by atoms with E-state index >= 15 is 0 Å². The molecule has 0 aliphatic rings. The van der Waals surface area contributed by atoms with Crippen LogP contribution < -0.4 is 5.32 Å². The van der Waals surface area contributed by atoms with Gasteiger partial charge in [-0.05, 0) is 62.4 Å². The highest BCUT2D eigenvalue weighted by atomic mass is 32.2. The normalized spacial score (nSPS) is 10.8. The molecule has 2 aromatic heterocycles. The van der Waals surface area contributed by atoms with Crippen molar-refractivity contribution in [3.05, 3.63) is 77.7 Å². The number of halogens is 1. The molecule has 4 rings (SSSR count). The quantitative estimate of drug-likeness (QED) is 0.273. The van der Waals surface area contributed by atoms with Crippen LogP contribution in [-0.2, 0) is 4.79 Å². The molecule has 0 radical (unpaired) electrons. The van der Waals surface area contributed by atoms with Crippen molar-refractivity contribution in [3.8, 4) is 21.1 Å². The van der Waals surface area contributed by atoms with Crippen LogP contribution in [0.1, 0.15) is 23.0 Å². The topological polar surface area (TPSA) is 84.8 Å². The number of ketones is 1. The number of aromatic nitrogens is 3. The third-order valence-electron chi connectivity index (χ3n) is 4.66. The summed E-state index contributed by atoms with van der Waals surface area (Å²) < 4.78 is 13.2. The summed E-state index contributed by atoms with van der Waals surface area (Å²) in [5, 5.41) is 12.7. The van der Waals surface area contributed by atoms with E-state index in [0.29, 0.717) is 22.0 Å². The van der Waals surface area contributed by atoms with E-state index in [1.165, 1.54) is 42.2 Å². The number of hydrogen-bond acceptors (Lipinski definition) is 7. The molecule has 0 saturated heterocycles. The van der Waals surface area contributed by atoms with Crippen LogP contribution in [0.4, 0.5) is 10.1 Å². The first kappa shape index (κ1) is 22.8. The van der Waals surface area contributed by atoms with Gasteiger partial charge in [-0.1, -0.05) is 23.9 Å². The number of hydrogen-bond donors (Lipinski definition) is 1. The minimum absolute atomic E-state index is 0.0585. The lowest BCUT2D eigenvalue weighted by Gasteiger charge is -2.06. The van der Waals surface area contributed by atoms with Crippen molar-refractivity contribution >= 4 is 40.5 Å². The third kappa shape index (κ3) is 5.68. The zero-order valence-corrected chi connectivity index (χ0v) is 19.5. The average molecular weight is 479 g/mol. The molecule has 0 fully saturated rings. The Labute approximate surface area is 198 Å². The highest BCUT2D eigenvalue weighted by Crippen LogP contribution is 2.34. The largest absolute Gasteiger partial charge is 0.325 e. The Morgan fingerprint density at radius 1 is 1.06 bits per heavy atom. The van der Waals surface area contributed by atoms with Crippen LogP contribution in [-0.4, -0.2) is 32.6 Å². The average Bonchev–Trinajstić information content (AvgIpc) is 3.20. The van der Waals surface area contributed by atoms with Gasteiger partial charge in [-0.3, -0.25) is 9.59 Å². The van der Waals surface area contributed by atoms with Crippen LogP contribution in [0.15, 0.2) is 65.7 Å². The van der Waals surface area contributed by atoms with E-state index in [1.807, 2.05) is 19.1 Å². The van der Waals surface area contributed by atoms with Gasteiger partial charge in [0.05, 0.1) is 16.3 Å². The predicted octanol–water partition coefficient (Wildman–Crippen LogP) is 5.65. The lowest BCUT2D eigenvalue weighted by molar-refractivity contribution is -0.113. The predicted molar refractivity (Wildman–Crippen MR) is 129 cm³/mol. The van der Waals surface area contributed by atoms with Crippen LogP contribution in [0, 0.1) is 12.7 Å². The molecular formula is C24H19FN4O2S2. The fourth-order valence-electron chi connectivity index (χ4n) is 3.02. The van der Waals surface area contributed by atoms with Crippen LogP contribution in [0.2, 0.25) is 0 Å². The van der Waals surface area contributed by atoms with Gasteiger partial charge in [-0.2, -0.15) is 0 Å². The van der Waals surface area contributed by atoms with Gasteiger partial charge in [0.15, 0.2) is 5.78 Å². The van der Waals surface area contributed by atoms with E-state index in [1.54, 1.807) is 36.4 Å². The second-order valence-electron chi connectivity index (χ2n) is 7.17. The Morgan fingerprint density at radius 2 is 1.85 bits per heavy atom. The van der Waals surface area contributed by atoms with Crippen molar-refractivity contribution in [2.24, 2.45) is 0 Å². The van der Waals surface area contributed by atoms with Crippen molar-refractivity contribution in [2.75, 3.05) is 11.1 Å². The summed E-state index contributed by atoms with van der Waals surface area (Å²) in [5.74, 6) is -0.387. The van der Waals surface area contributed by atoms with Crippen molar-refractivity contribution in [3.63, 3.8) is 0 Å². The van der Waals surface area contributed by atoms with Gasteiger partial charge in [0.2, 0.25) is 5.91 Å². The summed E-state index contributed by atoms with van der Waals surface area (Å²) in [5.41, 5.74) is 3.47. The Balaban J connectivity index is 1.39. The van der Waals surface area contributed by atoms with Crippen LogP contribution in [0.5, 0.6) is 0 Å². The number of benzene rings is 2. The Kier molecular flexibility index (Phi) is 6.90. The second-order valence-corrected chi connectivity index (χ2v) is 9.17. The van der Waals surface area contributed by atoms with Crippen LogP contribution in [0.3, 0.4) is 0 Å². The number of amides is 1. The smallest absolute Gasteiger partial charge is 0.234 e. The van der Waals surface area contributed by atoms with Crippen LogP contribution >= 0.6 is 23.1 Å². The number of rotatable bonds is 7. The molecule has 9 heteroatoms. The SMILES string of the molecule is CC(=O)c1cccc(NC(=O)CSc2ccc(-c3sc(-c4ccc(F)cc4)nc3C)nn2)c1. The molecule has 0 bridgehead atoms. The molecule has 1 N–H and O–H groups in total. The van der Waals surface area contributed by atoms with Gasteiger partial charge >= 0.3 is 0 Å². The monoisotopic (exact) mass is 478 g/mol. The second kappa shape index (κ2) is 10.0. The van der Waals surface area contributed by atoms with Crippen molar-refractivity contribution in [1.29, 1.82) is 0 Å². The van der Waals surface area contributed by atoms with Crippen LogP contribution in [0.25, 0.3) is 21.1 Å².